The van der Waals surface area contributed by atoms with Crippen LogP contribution in [0.25, 0.3) is 0 Å². The van der Waals surface area contributed by atoms with Gasteiger partial charge >= 0.3 is 6.18 Å². The molecular weight excluding hydrogens is 425 g/mol. The van der Waals surface area contributed by atoms with E-state index in [1.54, 1.807) is 0 Å². The summed E-state index contributed by atoms with van der Waals surface area (Å²) in [5.41, 5.74) is -1.31. The molecule has 0 saturated heterocycles. The summed E-state index contributed by atoms with van der Waals surface area (Å²) >= 11 is 0. The summed E-state index contributed by atoms with van der Waals surface area (Å²) in [6.45, 7) is -0.00463. The molecule has 12 heteroatoms. The van der Waals surface area contributed by atoms with Crippen molar-refractivity contribution in [3.8, 4) is 18.2 Å². The van der Waals surface area contributed by atoms with Crippen molar-refractivity contribution in [1.29, 1.82) is 15.8 Å². The van der Waals surface area contributed by atoms with E-state index in [9.17, 15) is 18.0 Å². The number of nitriles is 3. The van der Waals surface area contributed by atoms with Gasteiger partial charge in [0.05, 0.1) is 59.7 Å². The fraction of sp³-hybridized carbons (Fsp3) is 0.200. The normalized spacial score (nSPS) is 10.9. The van der Waals surface area contributed by atoms with Gasteiger partial charge in [-0.3, -0.25) is 14.2 Å². The summed E-state index contributed by atoms with van der Waals surface area (Å²) in [4.78, 5) is 12.9. The highest BCUT2D eigenvalue weighted by molar-refractivity contribution is 5.92. The van der Waals surface area contributed by atoms with Crippen LogP contribution < -0.4 is 5.32 Å². The van der Waals surface area contributed by atoms with E-state index in [1.165, 1.54) is 46.3 Å². The van der Waals surface area contributed by atoms with Gasteiger partial charge in [-0.05, 0) is 18.2 Å². The summed E-state index contributed by atoms with van der Waals surface area (Å²) in [6.07, 6.45) is 0.706. The molecule has 9 nitrogen and oxygen atoms in total. The second kappa shape index (κ2) is 9.02. The molecule has 160 valence electrons. The van der Waals surface area contributed by atoms with Crippen molar-refractivity contribution >= 4 is 11.6 Å². The van der Waals surface area contributed by atoms with Gasteiger partial charge in [0.15, 0.2) is 0 Å². The highest BCUT2D eigenvalue weighted by atomic mass is 19.4. The predicted molar refractivity (Wildman–Crippen MR) is 102 cm³/mol. The van der Waals surface area contributed by atoms with Gasteiger partial charge in [0.2, 0.25) is 5.91 Å². The maximum absolute atomic E-state index is 13.2. The van der Waals surface area contributed by atoms with E-state index in [2.05, 4.69) is 15.5 Å². The van der Waals surface area contributed by atoms with Crippen LogP contribution in [0.5, 0.6) is 0 Å². The molecule has 1 aromatic carbocycles. The van der Waals surface area contributed by atoms with Crippen LogP contribution in [0, 0.1) is 39.9 Å². The zero-order valence-electron chi connectivity index (χ0n) is 16.2. The van der Waals surface area contributed by atoms with Gasteiger partial charge in [0.25, 0.3) is 0 Å². The number of hydrogen-bond acceptors (Lipinski definition) is 6. The largest absolute Gasteiger partial charge is 0.417 e. The van der Waals surface area contributed by atoms with Crippen molar-refractivity contribution in [2.75, 3.05) is 5.32 Å². The van der Waals surface area contributed by atoms with Crippen molar-refractivity contribution in [3.05, 3.63) is 65.2 Å². The monoisotopic (exact) mass is 438 g/mol. The number of halogens is 3. The number of carbonyl (C=O) groups is 1. The Kier molecular flexibility index (Phi) is 6.22. The first-order valence-corrected chi connectivity index (χ1v) is 9.01. The number of aromatic nitrogens is 4. The molecule has 1 N–H and O–H groups in total. The summed E-state index contributed by atoms with van der Waals surface area (Å²) in [5, 5.41) is 37.2. The smallest absolute Gasteiger partial charge is 0.326 e. The lowest BCUT2D eigenvalue weighted by atomic mass is 10.1. The molecule has 2 heterocycles. The molecule has 0 saturated carbocycles. The Labute approximate surface area is 179 Å². The number of rotatable bonds is 6. The van der Waals surface area contributed by atoms with Gasteiger partial charge in [-0.25, -0.2) is 0 Å². The van der Waals surface area contributed by atoms with Gasteiger partial charge in [0.1, 0.15) is 12.1 Å². The van der Waals surface area contributed by atoms with Gasteiger partial charge in [-0.2, -0.15) is 39.2 Å². The van der Waals surface area contributed by atoms with Crippen molar-refractivity contribution in [2.24, 2.45) is 5.92 Å². The van der Waals surface area contributed by atoms with E-state index < -0.39 is 29.1 Å². The van der Waals surface area contributed by atoms with E-state index in [4.69, 9.17) is 15.8 Å². The highest BCUT2D eigenvalue weighted by Crippen LogP contribution is 2.33. The maximum atomic E-state index is 13.2. The highest BCUT2D eigenvalue weighted by Gasteiger charge is 2.34. The third-order valence-corrected chi connectivity index (χ3v) is 4.42. The Morgan fingerprint density at radius 2 is 1.56 bits per heavy atom. The van der Waals surface area contributed by atoms with Gasteiger partial charge in [-0.15, -0.1) is 0 Å². The average molecular weight is 438 g/mol. The first kappa shape index (κ1) is 22.1. The molecule has 0 bridgehead atoms. The fourth-order valence-electron chi connectivity index (χ4n) is 2.92. The topological polar surface area (TPSA) is 136 Å². The Balaban J connectivity index is 1.86. The molecule has 0 spiro atoms. The molecule has 32 heavy (non-hydrogen) atoms. The number of amides is 1. The molecule has 1 amide bonds. The summed E-state index contributed by atoms with van der Waals surface area (Å²) in [5.74, 6) is -1.50. The zero-order chi connectivity index (χ0) is 23.3. The molecule has 0 aliphatic carbocycles. The molecule has 0 atom stereocenters. The van der Waals surface area contributed by atoms with Crippen LogP contribution in [0.3, 0.4) is 0 Å². The van der Waals surface area contributed by atoms with E-state index in [0.717, 1.165) is 6.07 Å². The van der Waals surface area contributed by atoms with E-state index >= 15 is 0 Å². The van der Waals surface area contributed by atoms with Crippen molar-refractivity contribution in [3.63, 3.8) is 0 Å². The second-order valence-electron chi connectivity index (χ2n) is 6.68. The van der Waals surface area contributed by atoms with Crippen LogP contribution in [0.4, 0.5) is 18.9 Å². The Hall–Kier alpha value is -4.63. The molecular formula is C20H13F3N8O. The molecule has 3 rings (SSSR count). The Morgan fingerprint density at radius 3 is 2.00 bits per heavy atom. The minimum atomic E-state index is -4.77. The van der Waals surface area contributed by atoms with E-state index in [-0.39, 0.29) is 29.9 Å². The lowest BCUT2D eigenvalue weighted by Gasteiger charge is -2.18. The van der Waals surface area contributed by atoms with Crippen molar-refractivity contribution in [2.45, 2.75) is 19.3 Å². The standard InChI is InChI=1S/C20H13F3N8O/c21-20(22,23)18-3-17(2-1-15(18)6-26)29-19(32)16(11-30-9-13(4-24)7-27-30)12-31-10-14(5-25)8-28-31/h1-3,7-10,16H,11-12H2,(H,29,32). The third kappa shape index (κ3) is 5.10. The number of nitrogens with one attached hydrogen (secondary N) is 1. The first-order chi connectivity index (χ1) is 15.2. The number of anilines is 1. The lowest BCUT2D eigenvalue weighted by Crippen LogP contribution is -2.31. The molecule has 0 aliphatic heterocycles. The fourth-order valence-corrected chi connectivity index (χ4v) is 2.92. The zero-order valence-corrected chi connectivity index (χ0v) is 16.2. The van der Waals surface area contributed by atoms with Crippen LogP contribution in [0.2, 0.25) is 0 Å². The quantitative estimate of drug-likeness (QED) is 0.628. The van der Waals surface area contributed by atoms with Crippen LogP contribution in [0.15, 0.2) is 43.0 Å². The SMILES string of the molecule is N#Cc1cnn(CC(Cn2cc(C#N)cn2)C(=O)Nc2ccc(C#N)c(C(F)(F)F)c2)c1. The van der Waals surface area contributed by atoms with E-state index in [1.807, 2.05) is 12.1 Å². The predicted octanol–water partition coefficient (Wildman–Crippen LogP) is 2.67. The van der Waals surface area contributed by atoms with Crippen LogP contribution in [-0.2, 0) is 24.1 Å². The summed E-state index contributed by atoms with van der Waals surface area (Å²) in [6, 6.07) is 8.17. The summed E-state index contributed by atoms with van der Waals surface area (Å²) < 4.78 is 42.4. The molecule has 0 aliphatic rings. The van der Waals surface area contributed by atoms with Crippen LogP contribution in [0.1, 0.15) is 22.3 Å². The number of benzene rings is 1. The lowest BCUT2D eigenvalue weighted by molar-refractivity contribution is -0.137. The number of hydrogen-bond donors (Lipinski definition) is 1. The van der Waals surface area contributed by atoms with Gasteiger partial charge in [0, 0.05) is 18.1 Å². The third-order valence-electron chi connectivity index (χ3n) is 4.42. The number of carbonyl (C=O) groups excluding carboxylic acids is 1. The van der Waals surface area contributed by atoms with Gasteiger partial charge in [-0.1, -0.05) is 0 Å². The first-order valence-electron chi connectivity index (χ1n) is 9.01. The van der Waals surface area contributed by atoms with Gasteiger partial charge < -0.3 is 5.32 Å². The van der Waals surface area contributed by atoms with E-state index in [0.29, 0.717) is 6.07 Å². The maximum Gasteiger partial charge on any atom is 0.417 e. The molecule has 0 radical (unpaired) electrons. The van der Waals surface area contributed by atoms with Crippen LogP contribution >= 0.6 is 0 Å². The molecule has 0 fully saturated rings. The Morgan fingerprint density at radius 1 is 1.00 bits per heavy atom. The molecule has 2 aromatic heterocycles. The Bertz CT molecular complexity index is 1220. The number of nitrogens with zero attached hydrogens (tertiary/aromatic N) is 7. The molecule has 0 unspecified atom stereocenters. The van der Waals surface area contributed by atoms with Crippen molar-refractivity contribution < 1.29 is 18.0 Å². The minimum absolute atomic E-state index is 0.00231. The van der Waals surface area contributed by atoms with Crippen LogP contribution in [-0.4, -0.2) is 25.5 Å². The second-order valence-corrected chi connectivity index (χ2v) is 6.68. The summed E-state index contributed by atoms with van der Waals surface area (Å²) in [7, 11) is 0. The van der Waals surface area contributed by atoms with Crippen molar-refractivity contribution in [1.82, 2.24) is 19.6 Å². The molecule has 3 aromatic rings. The number of alkyl halides is 3. The minimum Gasteiger partial charge on any atom is -0.326 e. The average Bonchev–Trinajstić information content (AvgIpc) is 3.41.